The van der Waals surface area contributed by atoms with E-state index >= 15 is 0 Å². The fourth-order valence-electron chi connectivity index (χ4n) is 2.16. The van der Waals surface area contributed by atoms with Crippen molar-refractivity contribution in [3.05, 3.63) is 23.2 Å². The van der Waals surface area contributed by atoms with Crippen LogP contribution in [0.1, 0.15) is 20.8 Å². The second-order valence-electron chi connectivity index (χ2n) is 6.03. The number of carbonyl (C=O) groups is 1. The average molecular weight is 312 g/mol. The van der Waals surface area contributed by atoms with Crippen molar-refractivity contribution in [2.75, 3.05) is 36.4 Å². The zero-order valence-electron chi connectivity index (χ0n) is 12.7. The lowest BCUT2D eigenvalue weighted by atomic mass is 10.2. The highest BCUT2D eigenvalue weighted by atomic mass is 35.5. The Morgan fingerprint density at radius 2 is 2.00 bits per heavy atom. The smallest absolute Gasteiger partial charge is 0.412 e. The summed E-state index contributed by atoms with van der Waals surface area (Å²) in [6.07, 6.45) is -0.462. The number of nitrogens with one attached hydrogen (secondary N) is 2. The Bertz CT molecular complexity index is 508. The molecular formula is C15H22ClN3O2. The van der Waals surface area contributed by atoms with Crippen molar-refractivity contribution in [2.24, 2.45) is 0 Å². The lowest BCUT2D eigenvalue weighted by Crippen LogP contribution is -2.43. The first-order valence-corrected chi connectivity index (χ1v) is 7.48. The Kier molecular flexibility index (Phi) is 4.96. The zero-order chi connectivity index (χ0) is 15.5. The number of nitrogens with zero attached hydrogens (tertiary/aromatic N) is 1. The van der Waals surface area contributed by atoms with Crippen LogP contribution in [-0.4, -0.2) is 37.9 Å². The van der Waals surface area contributed by atoms with Crippen LogP contribution in [0.3, 0.4) is 0 Å². The molecule has 1 aromatic carbocycles. The number of piperazine rings is 1. The van der Waals surface area contributed by atoms with Crippen molar-refractivity contribution in [3.8, 4) is 0 Å². The minimum atomic E-state index is -0.516. The maximum absolute atomic E-state index is 11.8. The Hall–Kier alpha value is -1.46. The summed E-state index contributed by atoms with van der Waals surface area (Å²) in [5.74, 6) is 0. The third kappa shape index (κ3) is 4.79. The normalized spacial score (nSPS) is 15.7. The second kappa shape index (κ2) is 6.54. The van der Waals surface area contributed by atoms with Gasteiger partial charge in [0.15, 0.2) is 0 Å². The van der Waals surface area contributed by atoms with Crippen molar-refractivity contribution in [1.82, 2.24) is 5.32 Å². The lowest BCUT2D eigenvalue weighted by Gasteiger charge is -2.30. The molecule has 1 aromatic rings. The van der Waals surface area contributed by atoms with Gasteiger partial charge in [0, 0.05) is 31.9 Å². The summed E-state index contributed by atoms with van der Waals surface area (Å²) in [7, 11) is 0. The third-order valence-electron chi connectivity index (χ3n) is 3.05. The number of amides is 1. The minimum absolute atomic E-state index is 0.462. The van der Waals surface area contributed by atoms with Crippen LogP contribution in [0.4, 0.5) is 16.2 Å². The average Bonchev–Trinajstić information content (AvgIpc) is 2.40. The van der Waals surface area contributed by atoms with Crippen LogP contribution in [0.2, 0.25) is 5.02 Å². The molecule has 1 saturated heterocycles. The molecule has 0 unspecified atom stereocenters. The Morgan fingerprint density at radius 3 is 2.62 bits per heavy atom. The van der Waals surface area contributed by atoms with Gasteiger partial charge < -0.3 is 15.0 Å². The van der Waals surface area contributed by atoms with E-state index in [9.17, 15) is 4.79 Å². The van der Waals surface area contributed by atoms with E-state index in [1.165, 1.54) is 0 Å². The van der Waals surface area contributed by atoms with Crippen molar-refractivity contribution in [1.29, 1.82) is 0 Å². The van der Waals surface area contributed by atoms with Gasteiger partial charge in [0.2, 0.25) is 0 Å². The molecule has 1 fully saturated rings. The van der Waals surface area contributed by atoms with Crippen LogP contribution in [0.15, 0.2) is 18.2 Å². The molecule has 21 heavy (non-hydrogen) atoms. The van der Waals surface area contributed by atoms with E-state index < -0.39 is 11.7 Å². The standard InChI is InChI=1S/C15H22ClN3O2/c1-15(2,3)21-14(20)18-11-4-5-12(16)13(10-11)19-8-6-17-7-9-19/h4-5,10,17H,6-9H2,1-3H3,(H,18,20). The van der Waals surface area contributed by atoms with E-state index in [1.807, 2.05) is 26.8 Å². The van der Waals surface area contributed by atoms with E-state index in [0.717, 1.165) is 31.9 Å². The van der Waals surface area contributed by atoms with E-state index in [4.69, 9.17) is 16.3 Å². The number of ether oxygens (including phenoxy) is 1. The lowest BCUT2D eigenvalue weighted by molar-refractivity contribution is 0.0636. The molecule has 1 aliphatic heterocycles. The molecule has 5 nitrogen and oxygen atoms in total. The van der Waals surface area contributed by atoms with Crippen molar-refractivity contribution < 1.29 is 9.53 Å². The first kappa shape index (κ1) is 15.9. The molecule has 0 bridgehead atoms. The predicted octanol–water partition coefficient (Wildman–Crippen LogP) is 3.10. The fraction of sp³-hybridized carbons (Fsp3) is 0.533. The summed E-state index contributed by atoms with van der Waals surface area (Å²) in [6.45, 7) is 9.16. The first-order chi connectivity index (χ1) is 9.85. The van der Waals surface area contributed by atoms with Crippen LogP contribution < -0.4 is 15.5 Å². The van der Waals surface area contributed by atoms with Crippen LogP contribution >= 0.6 is 11.6 Å². The molecule has 1 amide bonds. The minimum Gasteiger partial charge on any atom is -0.444 e. The molecule has 0 spiro atoms. The van der Waals surface area contributed by atoms with Gasteiger partial charge in [-0.1, -0.05) is 11.6 Å². The summed E-state index contributed by atoms with van der Waals surface area (Å²) >= 11 is 6.27. The highest BCUT2D eigenvalue weighted by Crippen LogP contribution is 2.29. The van der Waals surface area contributed by atoms with Crippen LogP contribution in [-0.2, 0) is 4.74 Å². The number of halogens is 1. The molecule has 0 radical (unpaired) electrons. The molecule has 0 saturated carbocycles. The molecule has 2 rings (SSSR count). The molecule has 1 aliphatic rings. The van der Waals surface area contributed by atoms with Gasteiger partial charge in [-0.3, -0.25) is 5.32 Å². The number of carbonyl (C=O) groups excluding carboxylic acids is 1. The second-order valence-corrected chi connectivity index (χ2v) is 6.44. The van der Waals surface area contributed by atoms with Crippen molar-refractivity contribution >= 4 is 29.1 Å². The third-order valence-corrected chi connectivity index (χ3v) is 3.37. The SMILES string of the molecule is CC(C)(C)OC(=O)Nc1ccc(Cl)c(N2CCNCC2)c1. The van der Waals surface area contributed by atoms with E-state index in [-0.39, 0.29) is 0 Å². The number of hydrogen-bond acceptors (Lipinski definition) is 4. The van der Waals surface area contributed by atoms with Gasteiger partial charge in [-0.05, 0) is 39.0 Å². The maximum atomic E-state index is 11.8. The van der Waals surface area contributed by atoms with Gasteiger partial charge >= 0.3 is 6.09 Å². The fourth-order valence-corrected chi connectivity index (χ4v) is 2.40. The van der Waals surface area contributed by atoms with Crippen molar-refractivity contribution in [2.45, 2.75) is 26.4 Å². The number of benzene rings is 1. The molecule has 2 N–H and O–H groups in total. The number of hydrogen-bond donors (Lipinski definition) is 2. The van der Waals surface area contributed by atoms with Crippen molar-refractivity contribution in [3.63, 3.8) is 0 Å². The number of anilines is 2. The van der Waals surface area contributed by atoms with Gasteiger partial charge in [0.25, 0.3) is 0 Å². The van der Waals surface area contributed by atoms with Gasteiger partial charge in [0.1, 0.15) is 5.60 Å². The molecule has 0 aromatic heterocycles. The molecule has 116 valence electrons. The summed E-state index contributed by atoms with van der Waals surface area (Å²) < 4.78 is 5.25. The summed E-state index contributed by atoms with van der Waals surface area (Å²) in [4.78, 5) is 14.0. The van der Waals surface area contributed by atoms with E-state index in [1.54, 1.807) is 12.1 Å². The van der Waals surface area contributed by atoms with Gasteiger partial charge in [0.05, 0.1) is 10.7 Å². The highest BCUT2D eigenvalue weighted by Gasteiger charge is 2.18. The largest absolute Gasteiger partial charge is 0.444 e. The van der Waals surface area contributed by atoms with Gasteiger partial charge in [-0.25, -0.2) is 4.79 Å². The molecule has 0 aliphatic carbocycles. The maximum Gasteiger partial charge on any atom is 0.412 e. The van der Waals surface area contributed by atoms with Crippen LogP contribution in [0.25, 0.3) is 0 Å². The summed E-state index contributed by atoms with van der Waals surface area (Å²) in [5, 5.41) is 6.73. The van der Waals surface area contributed by atoms with E-state index in [0.29, 0.717) is 10.7 Å². The summed E-state index contributed by atoms with van der Waals surface area (Å²) in [5.41, 5.74) is 1.10. The molecule has 0 atom stereocenters. The summed E-state index contributed by atoms with van der Waals surface area (Å²) in [6, 6.07) is 5.46. The number of rotatable bonds is 2. The Labute approximate surface area is 130 Å². The van der Waals surface area contributed by atoms with Gasteiger partial charge in [-0.15, -0.1) is 0 Å². The topological polar surface area (TPSA) is 53.6 Å². The Morgan fingerprint density at radius 1 is 1.33 bits per heavy atom. The highest BCUT2D eigenvalue weighted by molar-refractivity contribution is 6.33. The predicted molar refractivity (Wildman–Crippen MR) is 86.4 cm³/mol. The zero-order valence-corrected chi connectivity index (χ0v) is 13.5. The van der Waals surface area contributed by atoms with Crippen LogP contribution in [0, 0.1) is 0 Å². The first-order valence-electron chi connectivity index (χ1n) is 7.10. The quantitative estimate of drug-likeness (QED) is 0.881. The van der Waals surface area contributed by atoms with Gasteiger partial charge in [-0.2, -0.15) is 0 Å². The van der Waals surface area contributed by atoms with Crippen LogP contribution in [0.5, 0.6) is 0 Å². The molecule has 6 heteroatoms. The van der Waals surface area contributed by atoms with E-state index in [2.05, 4.69) is 15.5 Å². The molecular weight excluding hydrogens is 290 g/mol. The Balaban J connectivity index is 2.09. The monoisotopic (exact) mass is 311 g/mol. The molecule has 1 heterocycles.